The summed E-state index contributed by atoms with van der Waals surface area (Å²) < 4.78 is 0. The van der Waals surface area contributed by atoms with Gasteiger partial charge >= 0.3 is 0 Å². The van der Waals surface area contributed by atoms with Gasteiger partial charge in [0.25, 0.3) is 0 Å². The Morgan fingerprint density at radius 2 is 2.55 bits per heavy atom. The fourth-order valence-electron chi connectivity index (χ4n) is 1.02. The van der Waals surface area contributed by atoms with Gasteiger partial charge < -0.3 is 5.21 Å². The van der Waals surface area contributed by atoms with Crippen molar-refractivity contribution in [2.24, 2.45) is 10.1 Å². The molecule has 0 aromatic carbocycles. The number of rotatable bonds is 0. The van der Waals surface area contributed by atoms with E-state index in [1.165, 1.54) is 6.21 Å². The lowest BCUT2D eigenvalue weighted by molar-refractivity contribution is 0.320. The van der Waals surface area contributed by atoms with Crippen molar-refractivity contribution < 1.29 is 5.21 Å². The number of nitrogens with one attached hydrogen (secondary N) is 1. The van der Waals surface area contributed by atoms with Gasteiger partial charge in [0.15, 0.2) is 0 Å². The number of nitrogens with zero attached hydrogens (tertiary/aromatic N) is 3. The molecule has 0 radical (unpaired) electrons. The van der Waals surface area contributed by atoms with Crippen LogP contribution in [0.3, 0.4) is 0 Å². The number of aromatic amines is 1. The van der Waals surface area contributed by atoms with Crippen LogP contribution in [0.5, 0.6) is 0 Å². The van der Waals surface area contributed by atoms with E-state index in [9.17, 15) is 0 Å². The molecular weight excluding hydrogens is 144 g/mol. The summed E-state index contributed by atoms with van der Waals surface area (Å²) in [6.07, 6.45) is 3.19. The van der Waals surface area contributed by atoms with Crippen LogP contribution in [0.2, 0.25) is 0 Å². The van der Waals surface area contributed by atoms with E-state index in [0.717, 1.165) is 11.3 Å². The van der Waals surface area contributed by atoms with Crippen molar-refractivity contribution >= 4 is 11.9 Å². The van der Waals surface area contributed by atoms with E-state index in [1.54, 1.807) is 6.20 Å². The lowest BCUT2D eigenvalue weighted by Gasteiger charge is -2.02. The molecule has 2 heterocycles. The Labute approximate surface area is 62.5 Å². The van der Waals surface area contributed by atoms with Crippen molar-refractivity contribution in [3.8, 4) is 0 Å². The van der Waals surface area contributed by atoms with Gasteiger partial charge in [0, 0.05) is 5.56 Å². The Morgan fingerprint density at radius 1 is 1.64 bits per heavy atom. The SMILES string of the molecule is ON=C1C=NCc2cn[nH]c21. The highest BCUT2D eigenvalue weighted by Gasteiger charge is 2.13. The number of aromatic nitrogens is 2. The highest BCUT2D eigenvalue weighted by molar-refractivity contribution is 6.38. The Hall–Kier alpha value is -1.65. The van der Waals surface area contributed by atoms with E-state index in [0.29, 0.717) is 12.3 Å². The van der Waals surface area contributed by atoms with Crippen molar-refractivity contribution in [1.29, 1.82) is 0 Å². The molecule has 0 saturated heterocycles. The first-order valence-corrected chi connectivity index (χ1v) is 3.16. The number of hydrogen-bond acceptors (Lipinski definition) is 4. The molecule has 11 heavy (non-hydrogen) atoms. The van der Waals surface area contributed by atoms with Crippen LogP contribution in [0, 0.1) is 0 Å². The van der Waals surface area contributed by atoms with E-state index in [4.69, 9.17) is 5.21 Å². The van der Waals surface area contributed by atoms with Crippen molar-refractivity contribution in [3.05, 3.63) is 17.5 Å². The maximum Gasteiger partial charge on any atom is 0.145 e. The molecule has 0 amide bonds. The molecule has 1 aliphatic heterocycles. The molecule has 0 fully saturated rings. The van der Waals surface area contributed by atoms with Gasteiger partial charge in [-0.1, -0.05) is 5.16 Å². The lowest BCUT2D eigenvalue weighted by atomic mass is 10.1. The highest BCUT2D eigenvalue weighted by atomic mass is 16.4. The van der Waals surface area contributed by atoms with Crippen LogP contribution < -0.4 is 0 Å². The van der Waals surface area contributed by atoms with Gasteiger partial charge in [-0.15, -0.1) is 0 Å². The largest absolute Gasteiger partial charge is 0.410 e. The Kier molecular flexibility index (Phi) is 1.21. The van der Waals surface area contributed by atoms with E-state index in [1.807, 2.05) is 0 Å². The quantitative estimate of drug-likeness (QED) is 0.408. The summed E-state index contributed by atoms with van der Waals surface area (Å²) in [5, 5.41) is 18.1. The third-order valence-electron chi connectivity index (χ3n) is 1.56. The molecule has 5 heteroatoms. The van der Waals surface area contributed by atoms with Gasteiger partial charge in [-0.05, 0) is 0 Å². The predicted octanol–water partition coefficient (Wildman–Crippen LogP) is 0.172. The monoisotopic (exact) mass is 150 g/mol. The Bertz CT molecular complexity index is 325. The molecule has 0 aliphatic carbocycles. The van der Waals surface area contributed by atoms with Crippen molar-refractivity contribution in [2.45, 2.75) is 6.54 Å². The number of aliphatic imine (C=N–C) groups is 1. The van der Waals surface area contributed by atoms with Gasteiger partial charge in [0.2, 0.25) is 0 Å². The zero-order valence-electron chi connectivity index (χ0n) is 5.65. The number of oxime groups is 1. The van der Waals surface area contributed by atoms with Crippen LogP contribution in [0.25, 0.3) is 0 Å². The van der Waals surface area contributed by atoms with Crippen LogP contribution >= 0.6 is 0 Å². The molecule has 2 rings (SSSR count). The summed E-state index contributed by atoms with van der Waals surface area (Å²) in [5.74, 6) is 0. The standard InChI is InChI=1S/C6H6N4O/c11-10-5-3-7-1-4-2-8-9-6(4)5/h2-3,11H,1H2,(H,8,9). The highest BCUT2D eigenvalue weighted by Crippen LogP contribution is 2.10. The molecule has 0 bridgehead atoms. The maximum atomic E-state index is 8.51. The number of H-pyrrole nitrogens is 1. The first-order chi connectivity index (χ1) is 5.42. The molecule has 2 N–H and O–H groups in total. The third-order valence-corrected chi connectivity index (χ3v) is 1.56. The number of fused-ring (bicyclic) bond motifs is 1. The van der Waals surface area contributed by atoms with Crippen LogP contribution in [0.15, 0.2) is 16.3 Å². The van der Waals surface area contributed by atoms with Crippen LogP contribution in [0.1, 0.15) is 11.3 Å². The van der Waals surface area contributed by atoms with Gasteiger partial charge in [0.1, 0.15) is 5.71 Å². The molecule has 0 saturated carbocycles. The van der Waals surface area contributed by atoms with Crippen molar-refractivity contribution in [2.75, 3.05) is 0 Å². The van der Waals surface area contributed by atoms with Crippen molar-refractivity contribution in [3.63, 3.8) is 0 Å². The van der Waals surface area contributed by atoms with E-state index in [2.05, 4.69) is 20.3 Å². The molecule has 1 aromatic rings. The second kappa shape index (κ2) is 2.19. The zero-order chi connectivity index (χ0) is 7.68. The summed E-state index contributed by atoms with van der Waals surface area (Å²) in [7, 11) is 0. The minimum Gasteiger partial charge on any atom is -0.410 e. The predicted molar refractivity (Wildman–Crippen MR) is 39.1 cm³/mol. The van der Waals surface area contributed by atoms with E-state index < -0.39 is 0 Å². The van der Waals surface area contributed by atoms with Gasteiger partial charge in [-0.3, -0.25) is 10.1 Å². The fourth-order valence-corrected chi connectivity index (χ4v) is 1.02. The molecule has 0 spiro atoms. The molecular formula is C6H6N4O. The van der Waals surface area contributed by atoms with Crippen LogP contribution in [-0.2, 0) is 6.54 Å². The molecule has 56 valence electrons. The van der Waals surface area contributed by atoms with Gasteiger partial charge in [-0.2, -0.15) is 5.10 Å². The Morgan fingerprint density at radius 3 is 3.36 bits per heavy atom. The number of hydrogen-bond donors (Lipinski definition) is 2. The summed E-state index contributed by atoms with van der Waals surface area (Å²) in [6, 6.07) is 0. The van der Waals surface area contributed by atoms with Crippen LogP contribution in [0.4, 0.5) is 0 Å². The summed E-state index contributed by atoms with van der Waals surface area (Å²) in [5.41, 5.74) is 2.14. The fraction of sp³-hybridized carbons (Fsp3) is 0.167. The minimum atomic E-state index is 0.434. The molecule has 0 atom stereocenters. The van der Waals surface area contributed by atoms with Gasteiger partial charge in [-0.25, -0.2) is 0 Å². The summed E-state index contributed by atoms with van der Waals surface area (Å²) in [4.78, 5) is 3.97. The molecule has 1 aromatic heterocycles. The first kappa shape index (κ1) is 6.09. The molecule has 1 aliphatic rings. The normalized spacial score (nSPS) is 18.7. The van der Waals surface area contributed by atoms with Crippen molar-refractivity contribution in [1.82, 2.24) is 10.2 Å². The lowest BCUT2D eigenvalue weighted by Crippen LogP contribution is -2.10. The minimum absolute atomic E-state index is 0.434. The Balaban J connectivity index is 2.55. The third kappa shape index (κ3) is 0.813. The summed E-state index contributed by atoms with van der Waals surface area (Å²) in [6.45, 7) is 0.602. The average molecular weight is 150 g/mol. The topological polar surface area (TPSA) is 73.6 Å². The van der Waals surface area contributed by atoms with Gasteiger partial charge in [0.05, 0.1) is 24.7 Å². The second-order valence-electron chi connectivity index (χ2n) is 2.23. The molecule has 0 unspecified atom stereocenters. The molecule has 5 nitrogen and oxygen atoms in total. The van der Waals surface area contributed by atoms with Crippen LogP contribution in [-0.4, -0.2) is 27.3 Å². The summed E-state index contributed by atoms with van der Waals surface area (Å²) >= 11 is 0. The first-order valence-electron chi connectivity index (χ1n) is 3.16. The zero-order valence-corrected chi connectivity index (χ0v) is 5.65. The van der Waals surface area contributed by atoms with E-state index >= 15 is 0 Å². The average Bonchev–Trinajstić information content (AvgIpc) is 2.50. The second-order valence-corrected chi connectivity index (χ2v) is 2.23. The smallest absolute Gasteiger partial charge is 0.145 e. The maximum absolute atomic E-state index is 8.51. The van der Waals surface area contributed by atoms with E-state index in [-0.39, 0.29) is 0 Å².